The Labute approximate surface area is 130 Å². The zero-order valence-corrected chi connectivity index (χ0v) is 13.4. The van der Waals surface area contributed by atoms with Crippen LogP contribution in [0.4, 0.5) is 0 Å². The van der Waals surface area contributed by atoms with Crippen LogP contribution < -0.4 is 5.32 Å². The van der Waals surface area contributed by atoms with Crippen molar-refractivity contribution in [2.24, 2.45) is 0 Å². The van der Waals surface area contributed by atoms with Gasteiger partial charge in [0.25, 0.3) is 5.91 Å². The fraction of sp³-hybridized carbons (Fsp3) is 0.429. The summed E-state index contributed by atoms with van der Waals surface area (Å²) in [5.41, 5.74) is -0.143. The molecule has 22 heavy (non-hydrogen) atoms. The first-order valence-corrected chi connectivity index (χ1v) is 8.46. The number of nitrogens with one attached hydrogen (secondary N) is 1. The Morgan fingerprint density at radius 2 is 2.14 bits per heavy atom. The third-order valence-electron chi connectivity index (χ3n) is 2.94. The molecule has 0 radical (unpaired) electrons. The summed E-state index contributed by atoms with van der Waals surface area (Å²) < 4.78 is 30.2. The van der Waals surface area contributed by atoms with Crippen molar-refractivity contribution in [2.75, 3.05) is 25.4 Å². The summed E-state index contributed by atoms with van der Waals surface area (Å²) in [4.78, 5) is 11.8. The highest BCUT2D eigenvalue weighted by Crippen LogP contribution is 2.07. The number of nitrogens with zero attached hydrogens (tertiary/aromatic N) is 2. The number of hydrogen-bond acceptors (Lipinski definition) is 5. The van der Waals surface area contributed by atoms with Gasteiger partial charge in [0.15, 0.2) is 0 Å². The highest BCUT2D eigenvalue weighted by molar-refractivity contribution is 7.89. The highest BCUT2D eigenvalue weighted by Gasteiger charge is 2.19. The van der Waals surface area contributed by atoms with E-state index in [1.807, 2.05) is 0 Å². The molecule has 0 aliphatic rings. The van der Waals surface area contributed by atoms with Gasteiger partial charge in [0.05, 0.1) is 12.0 Å². The van der Waals surface area contributed by atoms with E-state index in [0.717, 1.165) is 0 Å². The van der Waals surface area contributed by atoms with Gasteiger partial charge in [-0.3, -0.25) is 4.79 Å². The minimum atomic E-state index is -3.40. The lowest BCUT2D eigenvalue weighted by atomic mass is 10.2. The van der Waals surface area contributed by atoms with Crippen molar-refractivity contribution in [3.8, 4) is 6.07 Å². The van der Waals surface area contributed by atoms with Gasteiger partial charge in [0.2, 0.25) is 10.0 Å². The molecule has 0 spiro atoms. The smallest absolute Gasteiger partial charge is 0.262 e. The Balaban J connectivity index is 2.61. The average Bonchev–Trinajstić information content (AvgIpc) is 2.98. The van der Waals surface area contributed by atoms with Crippen molar-refractivity contribution in [1.29, 1.82) is 5.26 Å². The summed E-state index contributed by atoms with van der Waals surface area (Å²) in [5.74, 6) is -0.462. The average molecular weight is 325 g/mol. The van der Waals surface area contributed by atoms with Gasteiger partial charge in [-0.1, -0.05) is 13.8 Å². The van der Waals surface area contributed by atoms with Crippen LogP contribution >= 0.6 is 0 Å². The van der Waals surface area contributed by atoms with Crippen LogP contribution in [0.5, 0.6) is 0 Å². The molecular formula is C14H19N3O4S. The Kier molecular flexibility index (Phi) is 6.82. The number of carbonyl (C=O) groups excluding carboxylic acids is 1. The largest absolute Gasteiger partial charge is 0.465 e. The summed E-state index contributed by atoms with van der Waals surface area (Å²) in [6, 6.07) is 5.00. The highest BCUT2D eigenvalue weighted by atomic mass is 32.2. The van der Waals surface area contributed by atoms with Crippen LogP contribution in [0.25, 0.3) is 6.08 Å². The molecule has 0 unspecified atom stereocenters. The molecule has 1 aromatic heterocycles. The fourth-order valence-electron chi connectivity index (χ4n) is 1.80. The number of amides is 1. The van der Waals surface area contributed by atoms with Crippen molar-refractivity contribution in [3.05, 3.63) is 29.7 Å². The van der Waals surface area contributed by atoms with E-state index in [9.17, 15) is 13.2 Å². The molecular weight excluding hydrogens is 306 g/mol. The summed E-state index contributed by atoms with van der Waals surface area (Å²) in [6.07, 6.45) is 2.73. The SMILES string of the molecule is CCN(CC)S(=O)(=O)CCNC(=O)/C(C#N)=C/c1ccco1. The van der Waals surface area contributed by atoms with Crippen LogP contribution in [0.3, 0.4) is 0 Å². The molecule has 1 heterocycles. The Morgan fingerprint density at radius 1 is 1.45 bits per heavy atom. The van der Waals surface area contributed by atoms with E-state index in [1.54, 1.807) is 32.0 Å². The number of carbonyl (C=O) groups is 1. The Bertz CT molecular complexity index is 653. The van der Waals surface area contributed by atoms with Crippen molar-refractivity contribution >= 4 is 22.0 Å². The van der Waals surface area contributed by atoms with Crippen molar-refractivity contribution in [2.45, 2.75) is 13.8 Å². The first-order chi connectivity index (χ1) is 10.4. The van der Waals surface area contributed by atoms with Gasteiger partial charge < -0.3 is 9.73 Å². The third-order valence-corrected chi connectivity index (χ3v) is 4.96. The second-order valence-electron chi connectivity index (χ2n) is 4.34. The van der Waals surface area contributed by atoms with Crippen molar-refractivity contribution < 1.29 is 17.6 Å². The molecule has 0 aliphatic heterocycles. The molecule has 1 amide bonds. The summed E-state index contributed by atoms with van der Waals surface area (Å²) in [7, 11) is -3.40. The zero-order valence-electron chi connectivity index (χ0n) is 12.6. The second kappa shape index (κ2) is 8.36. The predicted molar refractivity (Wildman–Crippen MR) is 82.0 cm³/mol. The summed E-state index contributed by atoms with van der Waals surface area (Å²) in [5, 5.41) is 11.4. The Morgan fingerprint density at radius 3 is 2.64 bits per heavy atom. The van der Waals surface area contributed by atoms with E-state index in [0.29, 0.717) is 18.8 Å². The number of furan rings is 1. The number of rotatable bonds is 8. The minimum Gasteiger partial charge on any atom is -0.465 e. The van der Waals surface area contributed by atoms with Crippen LogP contribution in [0.1, 0.15) is 19.6 Å². The van der Waals surface area contributed by atoms with E-state index >= 15 is 0 Å². The molecule has 0 saturated carbocycles. The molecule has 0 fully saturated rings. The molecule has 120 valence electrons. The van der Waals surface area contributed by atoms with Gasteiger partial charge in [0, 0.05) is 25.7 Å². The van der Waals surface area contributed by atoms with Gasteiger partial charge in [0.1, 0.15) is 17.4 Å². The van der Waals surface area contributed by atoms with Crippen LogP contribution in [-0.4, -0.2) is 44.0 Å². The van der Waals surface area contributed by atoms with E-state index in [1.165, 1.54) is 16.6 Å². The lowest BCUT2D eigenvalue weighted by Crippen LogP contribution is -2.37. The third kappa shape index (κ3) is 5.02. The van der Waals surface area contributed by atoms with E-state index in [4.69, 9.17) is 9.68 Å². The molecule has 0 bridgehead atoms. The van der Waals surface area contributed by atoms with Gasteiger partial charge in [-0.2, -0.15) is 5.26 Å². The quantitative estimate of drug-likeness (QED) is 0.567. The van der Waals surface area contributed by atoms with Crippen LogP contribution in [0, 0.1) is 11.3 Å². The molecule has 0 aromatic carbocycles. The van der Waals surface area contributed by atoms with Gasteiger partial charge in [-0.15, -0.1) is 0 Å². The first-order valence-electron chi connectivity index (χ1n) is 6.86. The van der Waals surface area contributed by atoms with Crippen molar-refractivity contribution in [3.63, 3.8) is 0 Å². The van der Waals surface area contributed by atoms with E-state index < -0.39 is 15.9 Å². The van der Waals surface area contributed by atoms with Gasteiger partial charge in [-0.05, 0) is 12.1 Å². The topological polar surface area (TPSA) is 103 Å². The lowest BCUT2D eigenvalue weighted by Gasteiger charge is -2.18. The Hall–Kier alpha value is -2.11. The van der Waals surface area contributed by atoms with Gasteiger partial charge in [-0.25, -0.2) is 12.7 Å². The number of nitriles is 1. The summed E-state index contributed by atoms with van der Waals surface area (Å²) >= 11 is 0. The minimum absolute atomic E-state index is 0.0607. The number of sulfonamides is 1. The maximum Gasteiger partial charge on any atom is 0.262 e. The molecule has 0 saturated heterocycles. The van der Waals surface area contributed by atoms with Crippen LogP contribution in [0.15, 0.2) is 28.4 Å². The molecule has 0 aliphatic carbocycles. The lowest BCUT2D eigenvalue weighted by molar-refractivity contribution is -0.116. The molecule has 1 rings (SSSR count). The first kappa shape index (κ1) is 17.9. The van der Waals surface area contributed by atoms with E-state index in [2.05, 4.69) is 5.32 Å². The maximum atomic E-state index is 12.0. The monoisotopic (exact) mass is 325 g/mol. The van der Waals surface area contributed by atoms with Gasteiger partial charge >= 0.3 is 0 Å². The predicted octanol–water partition coefficient (Wildman–Crippen LogP) is 0.974. The summed E-state index contributed by atoms with van der Waals surface area (Å²) in [6.45, 7) is 4.21. The molecule has 1 aromatic rings. The fourth-order valence-corrected chi connectivity index (χ4v) is 3.20. The normalized spacial score (nSPS) is 12.2. The second-order valence-corrected chi connectivity index (χ2v) is 6.43. The molecule has 8 heteroatoms. The maximum absolute atomic E-state index is 12.0. The molecule has 0 atom stereocenters. The van der Waals surface area contributed by atoms with Crippen LogP contribution in [-0.2, 0) is 14.8 Å². The molecule has 7 nitrogen and oxygen atoms in total. The van der Waals surface area contributed by atoms with Crippen molar-refractivity contribution in [1.82, 2.24) is 9.62 Å². The number of hydrogen-bond donors (Lipinski definition) is 1. The molecule has 1 N–H and O–H groups in total. The standard InChI is InChI=1S/C14H19N3O4S/c1-3-17(4-2)22(19,20)9-7-16-14(18)12(11-15)10-13-6-5-8-21-13/h5-6,8,10H,3-4,7,9H2,1-2H3,(H,16,18)/b12-10+. The zero-order chi connectivity index (χ0) is 16.6. The van der Waals surface area contributed by atoms with E-state index in [-0.39, 0.29) is 17.9 Å². The van der Waals surface area contributed by atoms with Crippen LogP contribution in [0.2, 0.25) is 0 Å².